The standard InChI is InChI=1S/C17H26N2O/c1-2-19(16-11-9-15(18)10-12-16)17(20)13-8-14-6-4-3-5-7-14/h9-12,14H,2-8,13,18H2,1H3. The van der Waals surface area contributed by atoms with Crippen LogP contribution in [0.15, 0.2) is 24.3 Å². The van der Waals surface area contributed by atoms with E-state index in [1.54, 1.807) is 0 Å². The molecule has 1 aliphatic rings. The molecule has 0 saturated heterocycles. The first-order chi connectivity index (χ1) is 9.70. The summed E-state index contributed by atoms with van der Waals surface area (Å²) in [6.07, 6.45) is 8.38. The minimum atomic E-state index is 0.239. The van der Waals surface area contributed by atoms with Crippen LogP contribution in [0.3, 0.4) is 0 Å². The van der Waals surface area contributed by atoms with Crippen molar-refractivity contribution < 1.29 is 4.79 Å². The quantitative estimate of drug-likeness (QED) is 0.825. The summed E-state index contributed by atoms with van der Waals surface area (Å²) in [5, 5.41) is 0. The first-order valence-corrected chi connectivity index (χ1v) is 7.86. The molecule has 1 aliphatic carbocycles. The molecule has 0 atom stereocenters. The van der Waals surface area contributed by atoms with Gasteiger partial charge in [-0.25, -0.2) is 0 Å². The lowest BCUT2D eigenvalue weighted by molar-refractivity contribution is -0.118. The molecule has 0 heterocycles. The van der Waals surface area contributed by atoms with Gasteiger partial charge >= 0.3 is 0 Å². The summed E-state index contributed by atoms with van der Waals surface area (Å²) in [7, 11) is 0. The Morgan fingerprint density at radius 2 is 1.85 bits per heavy atom. The van der Waals surface area contributed by atoms with Gasteiger partial charge in [0.25, 0.3) is 0 Å². The third-order valence-corrected chi connectivity index (χ3v) is 4.31. The molecule has 20 heavy (non-hydrogen) atoms. The SMILES string of the molecule is CCN(C(=O)CCC1CCCCC1)c1ccc(N)cc1. The van der Waals surface area contributed by atoms with E-state index < -0.39 is 0 Å². The Labute approximate surface area is 122 Å². The van der Waals surface area contributed by atoms with Crippen molar-refractivity contribution in [1.29, 1.82) is 0 Å². The van der Waals surface area contributed by atoms with Gasteiger partial charge in [0.1, 0.15) is 0 Å². The first-order valence-electron chi connectivity index (χ1n) is 7.86. The van der Waals surface area contributed by atoms with Gasteiger partial charge in [-0.15, -0.1) is 0 Å². The molecule has 0 unspecified atom stereocenters. The van der Waals surface area contributed by atoms with Crippen molar-refractivity contribution in [2.24, 2.45) is 5.92 Å². The zero-order valence-electron chi connectivity index (χ0n) is 12.5. The summed E-state index contributed by atoms with van der Waals surface area (Å²) >= 11 is 0. The Hall–Kier alpha value is -1.51. The second kappa shape index (κ2) is 7.32. The number of hydrogen-bond acceptors (Lipinski definition) is 2. The minimum absolute atomic E-state index is 0.239. The fourth-order valence-corrected chi connectivity index (χ4v) is 3.10. The molecule has 3 nitrogen and oxygen atoms in total. The number of anilines is 2. The molecule has 0 bridgehead atoms. The van der Waals surface area contributed by atoms with Crippen molar-refractivity contribution in [2.45, 2.75) is 51.9 Å². The third kappa shape index (κ3) is 3.99. The highest BCUT2D eigenvalue weighted by Crippen LogP contribution is 2.28. The summed E-state index contributed by atoms with van der Waals surface area (Å²) in [6, 6.07) is 7.56. The highest BCUT2D eigenvalue weighted by molar-refractivity contribution is 5.93. The van der Waals surface area contributed by atoms with Gasteiger partial charge in [-0.2, -0.15) is 0 Å². The molecule has 0 spiro atoms. The second-order valence-electron chi connectivity index (χ2n) is 5.77. The molecule has 1 fully saturated rings. The lowest BCUT2D eigenvalue weighted by Gasteiger charge is -2.24. The Morgan fingerprint density at radius 1 is 1.20 bits per heavy atom. The summed E-state index contributed by atoms with van der Waals surface area (Å²) in [5.74, 6) is 1.00. The van der Waals surface area contributed by atoms with Crippen molar-refractivity contribution in [3.63, 3.8) is 0 Å². The van der Waals surface area contributed by atoms with E-state index in [2.05, 4.69) is 0 Å². The number of benzene rings is 1. The van der Waals surface area contributed by atoms with E-state index in [0.29, 0.717) is 13.0 Å². The average molecular weight is 274 g/mol. The van der Waals surface area contributed by atoms with Crippen LogP contribution in [0.5, 0.6) is 0 Å². The molecule has 110 valence electrons. The molecule has 0 aromatic heterocycles. The Bertz CT molecular complexity index is 421. The van der Waals surface area contributed by atoms with Crippen LogP contribution in [0, 0.1) is 5.92 Å². The van der Waals surface area contributed by atoms with Gasteiger partial charge in [0, 0.05) is 24.3 Å². The second-order valence-corrected chi connectivity index (χ2v) is 5.77. The number of nitrogens with zero attached hydrogens (tertiary/aromatic N) is 1. The van der Waals surface area contributed by atoms with E-state index in [-0.39, 0.29) is 5.91 Å². The summed E-state index contributed by atoms with van der Waals surface area (Å²) in [4.78, 5) is 14.3. The van der Waals surface area contributed by atoms with E-state index in [1.165, 1.54) is 32.1 Å². The number of amides is 1. The first kappa shape index (κ1) is 14.9. The molecule has 1 aromatic carbocycles. The predicted molar refractivity (Wildman–Crippen MR) is 84.7 cm³/mol. The Balaban J connectivity index is 1.89. The third-order valence-electron chi connectivity index (χ3n) is 4.31. The zero-order chi connectivity index (χ0) is 14.4. The lowest BCUT2D eigenvalue weighted by Crippen LogP contribution is -2.30. The maximum atomic E-state index is 12.4. The molecule has 0 radical (unpaired) electrons. The van der Waals surface area contributed by atoms with E-state index >= 15 is 0 Å². The van der Waals surface area contributed by atoms with Crippen LogP contribution >= 0.6 is 0 Å². The Kier molecular flexibility index (Phi) is 5.45. The fraction of sp³-hybridized carbons (Fsp3) is 0.588. The van der Waals surface area contributed by atoms with Crippen LogP contribution in [0.25, 0.3) is 0 Å². The number of hydrogen-bond donors (Lipinski definition) is 1. The minimum Gasteiger partial charge on any atom is -0.399 e. The van der Waals surface area contributed by atoms with Gasteiger partial charge in [0.05, 0.1) is 0 Å². The highest BCUT2D eigenvalue weighted by Gasteiger charge is 2.18. The maximum Gasteiger partial charge on any atom is 0.226 e. The van der Waals surface area contributed by atoms with Gasteiger partial charge in [0.2, 0.25) is 5.91 Å². The number of rotatable bonds is 5. The van der Waals surface area contributed by atoms with Gasteiger partial charge in [-0.1, -0.05) is 32.1 Å². The summed E-state index contributed by atoms with van der Waals surface area (Å²) in [6.45, 7) is 2.74. The molecule has 1 amide bonds. The molecule has 3 heteroatoms. The van der Waals surface area contributed by atoms with Crippen LogP contribution < -0.4 is 10.6 Å². The Morgan fingerprint density at radius 3 is 2.45 bits per heavy atom. The average Bonchev–Trinajstić information content (AvgIpc) is 2.49. The molecule has 1 aromatic rings. The lowest BCUT2D eigenvalue weighted by atomic mass is 9.86. The van der Waals surface area contributed by atoms with Crippen molar-refractivity contribution in [2.75, 3.05) is 17.2 Å². The van der Waals surface area contributed by atoms with Crippen LogP contribution in [0.4, 0.5) is 11.4 Å². The number of nitrogens with two attached hydrogens (primary N) is 1. The van der Waals surface area contributed by atoms with E-state index in [9.17, 15) is 4.79 Å². The molecular formula is C17H26N2O. The van der Waals surface area contributed by atoms with E-state index in [0.717, 1.165) is 23.7 Å². The van der Waals surface area contributed by atoms with E-state index in [4.69, 9.17) is 5.73 Å². The number of carbonyl (C=O) groups is 1. The molecule has 1 saturated carbocycles. The predicted octanol–water partition coefficient (Wildman–Crippen LogP) is 3.98. The van der Waals surface area contributed by atoms with E-state index in [1.807, 2.05) is 36.1 Å². The molecule has 2 rings (SSSR count). The number of nitrogen functional groups attached to an aromatic ring is 1. The normalized spacial score (nSPS) is 16.1. The molecular weight excluding hydrogens is 248 g/mol. The van der Waals surface area contributed by atoms with Crippen LogP contribution in [0.1, 0.15) is 51.9 Å². The van der Waals surface area contributed by atoms with Crippen molar-refractivity contribution in [3.8, 4) is 0 Å². The van der Waals surface area contributed by atoms with Gasteiger partial charge in [-0.05, 0) is 43.5 Å². The van der Waals surface area contributed by atoms with Crippen LogP contribution in [-0.4, -0.2) is 12.5 Å². The topological polar surface area (TPSA) is 46.3 Å². The smallest absolute Gasteiger partial charge is 0.226 e. The van der Waals surface area contributed by atoms with Crippen molar-refractivity contribution in [1.82, 2.24) is 0 Å². The van der Waals surface area contributed by atoms with Crippen molar-refractivity contribution >= 4 is 17.3 Å². The highest BCUT2D eigenvalue weighted by atomic mass is 16.2. The zero-order valence-corrected chi connectivity index (χ0v) is 12.5. The van der Waals surface area contributed by atoms with Gasteiger partial charge in [-0.3, -0.25) is 4.79 Å². The fourth-order valence-electron chi connectivity index (χ4n) is 3.10. The molecule has 2 N–H and O–H groups in total. The molecule has 0 aliphatic heterocycles. The van der Waals surface area contributed by atoms with Crippen molar-refractivity contribution in [3.05, 3.63) is 24.3 Å². The monoisotopic (exact) mass is 274 g/mol. The number of carbonyl (C=O) groups excluding carboxylic acids is 1. The van der Waals surface area contributed by atoms with Gasteiger partial charge in [0.15, 0.2) is 0 Å². The van der Waals surface area contributed by atoms with Crippen LogP contribution in [0.2, 0.25) is 0 Å². The largest absolute Gasteiger partial charge is 0.399 e. The summed E-state index contributed by atoms with van der Waals surface area (Å²) < 4.78 is 0. The summed E-state index contributed by atoms with van der Waals surface area (Å²) in [5.41, 5.74) is 7.39. The van der Waals surface area contributed by atoms with Gasteiger partial charge < -0.3 is 10.6 Å². The van der Waals surface area contributed by atoms with Crippen LogP contribution in [-0.2, 0) is 4.79 Å². The maximum absolute atomic E-state index is 12.4.